The Bertz CT molecular complexity index is 456. The van der Waals surface area contributed by atoms with Crippen molar-refractivity contribution >= 4 is 21.6 Å². The van der Waals surface area contributed by atoms with Crippen LogP contribution in [0.4, 0.5) is 0 Å². The van der Waals surface area contributed by atoms with Crippen molar-refractivity contribution in [1.29, 1.82) is 0 Å². The maximum Gasteiger partial charge on any atom is 0.244 e. The topological polar surface area (TPSA) is 50.3 Å². The van der Waals surface area contributed by atoms with Crippen molar-refractivity contribution in [2.45, 2.75) is 11.8 Å². The summed E-state index contributed by atoms with van der Waals surface area (Å²) in [5.41, 5.74) is 0. The molecule has 1 rings (SSSR count). The summed E-state index contributed by atoms with van der Waals surface area (Å²) in [6.45, 7) is 5.96. The van der Waals surface area contributed by atoms with Gasteiger partial charge in [-0.3, -0.25) is 0 Å². The maximum atomic E-state index is 12.1. The van der Waals surface area contributed by atoms with Gasteiger partial charge in [0.15, 0.2) is 0 Å². The van der Waals surface area contributed by atoms with Crippen LogP contribution >= 0.6 is 11.6 Å². The van der Waals surface area contributed by atoms with Gasteiger partial charge in [-0.2, -0.15) is 4.31 Å². The Labute approximate surface area is 101 Å². The smallest absolute Gasteiger partial charge is 0.243 e. The average Bonchev–Trinajstić information content (AvgIpc) is 2.26. The molecule has 16 heavy (non-hydrogen) atoms. The third kappa shape index (κ3) is 2.81. The lowest BCUT2D eigenvalue weighted by atomic mass is 10.5. The van der Waals surface area contributed by atoms with Gasteiger partial charge in [0.1, 0.15) is 10.0 Å². The minimum atomic E-state index is -3.49. The largest absolute Gasteiger partial charge is 0.244 e. The van der Waals surface area contributed by atoms with Crippen molar-refractivity contribution in [3.8, 4) is 0 Å². The third-order valence-corrected chi connectivity index (χ3v) is 4.17. The van der Waals surface area contributed by atoms with Crippen molar-refractivity contribution in [1.82, 2.24) is 9.29 Å². The Morgan fingerprint density at radius 2 is 2.25 bits per heavy atom. The molecule has 0 unspecified atom stereocenters. The fourth-order valence-corrected chi connectivity index (χ4v) is 2.68. The lowest BCUT2D eigenvalue weighted by Crippen LogP contribution is -2.31. The molecule has 0 N–H and O–H groups in total. The number of sulfonamides is 1. The number of nitrogens with zero attached hydrogens (tertiary/aromatic N) is 2. The molecule has 1 aromatic rings. The summed E-state index contributed by atoms with van der Waals surface area (Å²) in [7, 11) is -3.49. The highest BCUT2D eigenvalue weighted by molar-refractivity contribution is 7.89. The third-order valence-electron chi connectivity index (χ3n) is 2.02. The van der Waals surface area contributed by atoms with Gasteiger partial charge < -0.3 is 0 Å². The first-order valence-corrected chi connectivity index (χ1v) is 6.56. The normalized spacial score (nSPS) is 11.7. The zero-order valence-electron chi connectivity index (χ0n) is 8.93. The molecule has 6 heteroatoms. The molecule has 0 radical (unpaired) electrons. The van der Waals surface area contributed by atoms with E-state index in [1.54, 1.807) is 13.0 Å². The molecular formula is C10H13ClN2O2S. The van der Waals surface area contributed by atoms with E-state index in [0.717, 1.165) is 0 Å². The predicted octanol–water partition coefficient (Wildman–Crippen LogP) is 1.93. The number of hydrogen-bond donors (Lipinski definition) is 0. The van der Waals surface area contributed by atoms with E-state index in [1.807, 2.05) is 0 Å². The molecule has 0 aliphatic carbocycles. The van der Waals surface area contributed by atoms with Crippen LogP contribution in [0.3, 0.4) is 0 Å². The van der Waals surface area contributed by atoms with Crippen molar-refractivity contribution in [3.05, 3.63) is 36.1 Å². The summed E-state index contributed by atoms with van der Waals surface area (Å²) in [6, 6.07) is 2.90. The van der Waals surface area contributed by atoms with Crippen LogP contribution in [0, 0.1) is 0 Å². The Morgan fingerprint density at radius 1 is 1.56 bits per heavy atom. The summed E-state index contributed by atoms with van der Waals surface area (Å²) in [4.78, 5) is 3.90. The molecule has 1 aromatic heterocycles. The van der Waals surface area contributed by atoms with E-state index in [2.05, 4.69) is 11.6 Å². The molecular weight excluding hydrogens is 248 g/mol. The second-order valence-corrected chi connectivity index (χ2v) is 5.39. The van der Waals surface area contributed by atoms with Gasteiger partial charge in [0.2, 0.25) is 10.0 Å². The van der Waals surface area contributed by atoms with Crippen LogP contribution in [0.5, 0.6) is 0 Å². The van der Waals surface area contributed by atoms with Crippen molar-refractivity contribution in [2.75, 3.05) is 13.1 Å². The number of rotatable bonds is 5. The predicted molar refractivity (Wildman–Crippen MR) is 63.9 cm³/mol. The highest BCUT2D eigenvalue weighted by atomic mass is 35.5. The standard InChI is InChI=1S/C10H13ClN2O2S/c1-3-7-13(4-2)16(14,15)9-5-6-10(11)12-8-9/h3,5-6,8H,1,4,7H2,2H3. The Balaban J connectivity index is 3.09. The highest BCUT2D eigenvalue weighted by Crippen LogP contribution is 2.15. The first-order chi connectivity index (χ1) is 7.52. The van der Waals surface area contributed by atoms with Gasteiger partial charge in [-0.15, -0.1) is 6.58 Å². The summed E-state index contributed by atoms with van der Waals surface area (Å²) in [5, 5.41) is 0.269. The van der Waals surface area contributed by atoms with Gasteiger partial charge in [-0.25, -0.2) is 13.4 Å². The molecule has 0 saturated heterocycles. The van der Waals surface area contributed by atoms with Crippen LogP contribution < -0.4 is 0 Å². The van der Waals surface area contributed by atoms with E-state index in [-0.39, 0.29) is 16.6 Å². The van der Waals surface area contributed by atoms with Crippen LogP contribution in [0.1, 0.15) is 6.92 Å². The molecule has 4 nitrogen and oxygen atoms in total. The first kappa shape index (κ1) is 13.2. The number of aromatic nitrogens is 1. The molecule has 0 bridgehead atoms. The van der Waals surface area contributed by atoms with Gasteiger partial charge in [0, 0.05) is 19.3 Å². The zero-order valence-corrected chi connectivity index (χ0v) is 10.5. The highest BCUT2D eigenvalue weighted by Gasteiger charge is 2.21. The van der Waals surface area contributed by atoms with E-state index < -0.39 is 10.0 Å². The first-order valence-electron chi connectivity index (χ1n) is 4.75. The van der Waals surface area contributed by atoms with Crippen LogP contribution in [0.2, 0.25) is 5.15 Å². The minimum Gasteiger partial charge on any atom is -0.243 e. The van der Waals surface area contributed by atoms with E-state index >= 15 is 0 Å². The summed E-state index contributed by atoms with van der Waals surface area (Å²) in [5.74, 6) is 0. The van der Waals surface area contributed by atoms with Gasteiger partial charge in [-0.05, 0) is 12.1 Å². The van der Waals surface area contributed by atoms with Gasteiger partial charge >= 0.3 is 0 Å². The number of hydrogen-bond acceptors (Lipinski definition) is 3. The lowest BCUT2D eigenvalue weighted by molar-refractivity contribution is 0.459. The molecule has 1 heterocycles. The summed E-state index contributed by atoms with van der Waals surface area (Å²) >= 11 is 5.60. The maximum absolute atomic E-state index is 12.1. The second kappa shape index (κ2) is 5.43. The lowest BCUT2D eigenvalue weighted by Gasteiger charge is -2.18. The molecule has 0 saturated carbocycles. The molecule has 0 atom stereocenters. The minimum absolute atomic E-state index is 0.139. The summed E-state index contributed by atoms with van der Waals surface area (Å²) < 4.78 is 25.4. The number of halogens is 1. The average molecular weight is 261 g/mol. The van der Waals surface area contributed by atoms with Crippen LogP contribution in [0.15, 0.2) is 35.9 Å². The molecule has 0 aliphatic rings. The fourth-order valence-electron chi connectivity index (χ4n) is 1.21. The van der Waals surface area contributed by atoms with Crippen LogP contribution in [0.25, 0.3) is 0 Å². The van der Waals surface area contributed by atoms with Crippen molar-refractivity contribution in [2.24, 2.45) is 0 Å². The van der Waals surface area contributed by atoms with E-state index in [1.165, 1.54) is 22.6 Å². The van der Waals surface area contributed by atoms with Crippen LogP contribution in [-0.4, -0.2) is 30.8 Å². The number of pyridine rings is 1. The van der Waals surface area contributed by atoms with E-state index in [9.17, 15) is 8.42 Å². The second-order valence-electron chi connectivity index (χ2n) is 3.06. The monoisotopic (exact) mass is 260 g/mol. The Hall–Kier alpha value is -0.910. The van der Waals surface area contributed by atoms with Crippen LogP contribution in [-0.2, 0) is 10.0 Å². The molecule has 0 spiro atoms. The zero-order chi connectivity index (χ0) is 12.2. The van der Waals surface area contributed by atoms with Gasteiger partial charge in [0.25, 0.3) is 0 Å². The summed E-state index contributed by atoms with van der Waals surface area (Å²) in [6.07, 6.45) is 2.80. The number of likely N-dealkylation sites (N-methyl/N-ethyl adjacent to an activating group) is 1. The Morgan fingerprint density at radius 3 is 2.69 bits per heavy atom. The Kier molecular flexibility index (Phi) is 4.46. The van der Waals surface area contributed by atoms with Gasteiger partial charge in [-0.1, -0.05) is 24.6 Å². The molecule has 88 valence electrons. The molecule has 0 aromatic carbocycles. The SMILES string of the molecule is C=CCN(CC)S(=O)(=O)c1ccc(Cl)nc1. The van der Waals surface area contributed by atoms with E-state index in [4.69, 9.17) is 11.6 Å². The molecule has 0 aliphatic heterocycles. The quantitative estimate of drug-likeness (QED) is 0.600. The molecule has 0 amide bonds. The fraction of sp³-hybridized carbons (Fsp3) is 0.300. The van der Waals surface area contributed by atoms with Crippen molar-refractivity contribution < 1.29 is 8.42 Å². The van der Waals surface area contributed by atoms with E-state index in [0.29, 0.717) is 6.54 Å². The molecule has 0 fully saturated rings. The van der Waals surface area contributed by atoms with Gasteiger partial charge in [0.05, 0.1) is 0 Å². The van der Waals surface area contributed by atoms with Crippen molar-refractivity contribution in [3.63, 3.8) is 0 Å².